The Morgan fingerprint density at radius 1 is 0.696 bits per heavy atom. The number of rotatable bonds is 3. The Labute approximate surface area is 150 Å². The zero-order valence-electron chi connectivity index (χ0n) is 11.3. The molecule has 0 fully saturated rings. The van der Waals surface area contributed by atoms with Crippen molar-refractivity contribution < 1.29 is 25.9 Å². The van der Waals surface area contributed by atoms with Crippen molar-refractivity contribution in [3.05, 3.63) is 45.3 Å². The summed E-state index contributed by atoms with van der Waals surface area (Å²) in [6, 6.07) is 8.28. The first-order chi connectivity index (χ1) is 10.00. The third-order valence-corrected chi connectivity index (χ3v) is 6.45. The fourth-order valence-corrected chi connectivity index (χ4v) is 4.66. The van der Waals surface area contributed by atoms with E-state index in [1.165, 1.54) is 36.4 Å². The van der Waals surface area contributed by atoms with Crippen molar-refractivity contribution in [3.63, 3.8) is 0 Å². The van der Waals surface area contributed by atoms with Crippen LogP contribution < -0.4 is 6.15 Å². The molecular weight excluding hydrogens is 478 g/mol. The second-order valence-electron chi connectivity index (χ2n) is 4.24. The molecule has 0 spiro atoms. The van der Waals surface area contributed by atoms with Crippen LogP contribution in [0.4, 0.5) is 0 Å². The molecule has 2 rings (SSSR count). The lowest BCUT2D eigenvalue weighted by Crippen LogP contribution is -2.01. The molecule has 0 amide bonds. The Balaban J connectivity index is 0.00000264. The lowest BCUT2D eigenvalue weighted by atomic mass is 10.1. The average molecular weight is 489 g/mol. The first kappa shape index (κ1) is 20.2. The lowest BCUT2D eigenvalue weighted by Gasteiger charge is -2.08. The van der Waals surface area contributed by atoms with Crippen LogP contribution in [-0.4, -0.2) is 25.9 Å². The molecule has 0 aliphatic heterocycles. The Morgan fingerprint density at radius 2 is 1.00 bits per heavy atom. The van der Waals surface area contributed by atoms with Gasteiger partial charge in [0, 0.05) is 8.95 Å². The van der Waals surface area contributed by atoms with E-state index in [1.807, 2.05) is 0 Å². The molecule has 0 bridgehead atoms. The first-order valence-electron chi connectivity index (χ1n) is 5.54. The maximum Gasteiger partial charge on any atom is 0.295 e. The summed E-state index contributed by atoms with van der Waals surface area (Å²) in [4.78, 5) is -0.692. The van der Waals surface area contributed by atoms with E-state index in [1.54, 1.807) is 0 Å². The molecule has 0 saturated heterocycles. The second-order valence-corrected chi connectivity index (χ2v) is 8.73. The predicted molar refractivity (Wildman–Crippen MR) is 91.9 cm³/mol. The van der Waals surface area contributed by atoms with Gasteiger partial charge in [0.15, 0.2) is 0 Å². The van der Waals surface area contributed by atoms with Crippen LogP contribution in [0.3, 0.4) is 0 Å². The van der Waals surface area contributed by atoms with Gasteiger partial charge in [0.2, 0.25) is 0 Å². The summed E-state index contributed by atoms with van der Waals surface area (Å²) in [6.45, 7) is 0. The molecule has 0 unspecified atom stereocenters. The van der Waals surface area contributed by atoms with Gasteiger partial charge >= 0.3 is 0 Å². The van der Waals surface area contributed by atoms with Crippen molar-refractivity contribution in [2.24, 2.45) is 0 Å². The standard InChI is InChI=1S/C12H8Br2O6S2.H3N/c13-9-3-1-7(5-11(9)21(15,16)17)8-2-4-10(14)12(6-8)22(18,19)20;/h1-6H,(H,15,16,17)(H,18,19,20);1H3. The van der Waals surface area contributed by atoms with Gasteiger partial charge in [0.25, 0.3) is 20.2 Å². The number of halogens is 2. The highest BCUT2D eigenvalue weighted by Gasteiger charge is 2.18. The maximum atomic E-state index is 11.3. The summed E-state index contributed by atoms with van der Waals surface area (Å²) in [7, 11) is -8.87. The molecule has 0 aromatic heterocycles. The molecule has 7 nitrogen and oxygen atoms in total. The summed E-state index contributed by atoms with van der Waals surface area (Å²) < 4.78 is 63.9. The molecule has 11 heteroatoms. The highest BCUT2D eigenvalue weighted by Crippen LogP contribution is 2.32. The minimum atomic E-state index is -4.43. The Kier molecular flexibility index (Phi) is 6.13. The molecule has 126 valence electrons. The summed E-state index contributed by atoms with van der Waals surface area (Å²) >= 11 is 6.03. The van der Waals surface area contributed by atoms with Gasteiger partial charge in [-0.2, -0.15) is 16.8 Å². The van der Waals surface area contributed by atoms with Crippen molar-refractivity contribution in [1.82, 2.24) is 6.15 Å². The molecule has 2 aromatic carbocycles. The van der Waals surface area contributed by atoms with Gasteiger partial charge < -0.3 is 6.15 Å². The van der Waals surface area contributed by atoms with E-state index in [9.17, 15) is 16.8 Å². The second kappa shape index (κ2) is 6.97. The molecule has 23 heavy (non-hydrogen) atoms. The fourth-order valence-electron chi connectivity index (χ4n) is 1.76. The Morgan fingerprint density at radius 3 is 1.26 bits per heavy atom. The van der Waals surface area contributed by atoms with E-state index < -0.39 is 20.2 Å². The zero-order valence-corrected chi connectivity index (χ0v) is 16.1. The molecule has 0 aliphatic rings. The van der Waals surface area contributed by atoms with E-state index in [-0.39, 0.29) is 24.9 Å². The van der Waals surface area contributed by atoms with Gasteiger partial charge in [-0.1, -0.05) is 12.1 Å². The minimum Gasteiger partial charge on any atom is -0.344 e. The quantitative estimate of drug-likeness (QED) is 0.560. The van der Waals surface area contributed by atoms with Crippen molar-refractivity contribution in [1.29, 1.82) is 0 Å². The average Bonchev–Trinajstić information content (AvgIpc) is 2.37. The zero-order chi connectivity index (χ0) is 16.7. The number of benzene rings is 2. The number of hydrogen-bond donors (Lipinski definition) is 3. The molecule has 0 saturated carbocycles. The van der Waals surface area contributed by atoms with Gasteiger partial charge in [0.1, 0.15) is 9.79 Å². The SMILES string of the molecule is N.O=S(=O)(O)c1cc(-c2ccc(Br)c(S(=O)(=O)O)c2)ccc1Br. The van der Waals surface area contributed by atoms with Crippen molar-refractivity contribution in [2.45, 2.75) is 9.79 Å². The molecule has 0 radical (unpaired) electrons. The Hall–Kier alpha value is -0.820. The normalized spacial score (nSPS) is 11.8. The van der Waals surface area contributed by atoms with Crippen LogP contribution in [0.5, 0.6) is 0 Å². The van der Waals surface area contributed by atoms with Crippen LogP contribution in [0, 0.1) is 0 Å². The van der Waals surface area contributed by atoms with Gasteiger partial charge in [0.05, 0.1) is 0 Å². The van der Waals surface area contributed by atoms with Gasteiger partial charge in [-0.25, -0.2) is 0 Å². The summed E-state index contributed by atoms with van der Waals surface area (Å²) in [6.07, 6.45) is 0. The summed E-state index contributed by atoms with van der Waals surface area (Å²) in [5.74, 6) is 0. The fraction of sp³-hybridized carbons (Fsp3) is 0. The van der Waals surface area contributed by atoms with Crippen LogP contribution in [-0.2, 0) is 20.2 Å². The third-order valence-electron chi connectivity index (χ3n) is 2.75. The smallest absolute Gasteiger partial charge is 0.295 e. The summed E-state index contributed by atoms with van der Waals surface area (Å²) in [5, 5.41) is 0. The van der Waals surface area contributed by atoms with Crippen molar-refractivity contribution in [3.8, 4) is 11.1 Å². The Bertz CT molecular complexity index is 878. The molecule has 5 N–H and O–H groups in total. The lowest BCUT2D eigenvalue weighted by molar-refractivity contribution is 0.480. The molecule has 0 atom stereocenters. The van der Waals surface area contributed by atoms with E-state index >= 15 is 0 Å². The van der Waals surface area contributed by atoms with Crippen LogP contribution in [0.2, 0.25) is 0 Å². The monoisotopic (exact) mass is 487 g/mol. The molecule has 2 aromatic rings. The highest BCUT2D eigenvalue weighted by molar-refractivity contribution is 9.10. The van der Waals surface area contributed by atoms with E-state index in [4.69, 9.17) is 9.11 Å². The van der Waals surface area contributed by atoms with E-state index in [0.29, 0.717) is 11.1 Å². The molecule has 0 heterocycles. The predicted octanol–water partition coefficient (Wildman–Crippen LogP) is 3.53. The molecular formula is C12H11Br2NO6S2. The van der Waals surface area contributed by atoms with Crippen molar-refractivity contribution >= 4 is 52.1 Å². The van der Waals surface area contributed by atoms with Crippen LogP contribution in [0.25, 0.3) is 11.1 Å². The minimum absolute atomic E-state index is 0. The third kappa shape index (κ3) is 4.59. The molecule has 0 aliphatic carbocycles. The highest BCUT2D eigenvalue weighted by atomic mass is 79.9. The van der Waals surface area contributed by atoms with Crippen LogP contribution in [0.15, 0.2) is 55.1 Å². The number of hydrogen-bond acceptors (Lipinski definition) is 5. The topological polar surface area (TPSA) is 144 Å². The first-order valence-corrected chi connectivity index (χ1v) is 10.0. The van der Waals surface area contributed by atoms with Gasteiger partial charge in [-0.05, 0) is 67.3 Å². The van der Waals surface area contributed by atoms with Crippen LogP contribution in [0.1, 0.15) is 0 Å². The maximum absolute atomic E-state index is 11.3. The summed E-state index contributed by atoms with van der Waals surface area (Å²) in [5.41, 5.74) is 0.710. The van der Waals surface area contributed by atoms with Gasteiger partial charge in [-0.3, -0.25) is 9.11 Å². The van der Waals surface area contributed by atoms with Crippen molar-refractivity contribution in [2.75, 3.05) is 0 Å². The van der Waals surface area contributed by atoms with E-state index in [0.717, 1.165) is 0 Å². The van der Waals surface area contributed by atoms with Gasteiger partial charge in [-0.15, -0.1) is 0 Å². The van der Waals surface area contributed by atoms with E-state index in [2.05, 4.69) is 31.9 Å². The largest absolute Gasteiger partial charge is 0.344 e. The van der Waals surface area contributed by atoms with Crippen LogP contribution >= 0.6 is 31.9 Å².